The van der Waals surface area contributed by atoms with Crippen LogP contribution in [0.2, 0.25) is 0 Å². The van der Waals surface area contributed by atoms with Gasteiger partial charge in [-0.05, 0) is 26.3 Å². The number of hydrogen-bond donors (Lipinski definition) is 1. The molecule has 1 aromatic rings. The van der Waals surface area contributed by atoms with E-state index in [1.807, 2.05) is 6.92 Å². The number of nitrogens with zero attached hydrogens (tertiary/aromatic N) is 1. The number of nitro groups is 1. The molecule has 1 atom stereocenters. The highest BCUT2D eigenvalue weighted by Gasteiger charge is 2.16. The molecule has 0 fully saturated rings. The zero-order chi connectivity index (χ0) is 15.1. The molecule has 0 aliphatic rings. The first-order valence-electron chi connectivity index (χ1n) is 7.01. The van der Waals surface area contributed by atoms with E-state index in [4.69, 9.17) is 0 Å². The van der Waals surface area contributed by atoms with E-state index in [2.05, 4.69) is 12.2 Å². The van der Waals surface area contributed by atoms with Crippen molar-refractivity contribution >= 4 is 11.6 Å². The monoisotopic (exact) mass is 278 g/mol. The fourth-order valence-corrected chi connectivity index (χ4v) is 2.03. The first kappa shape index (κ1) is 16.1. The molecule has 0 unspecified atom stereocenters. The third kappa shape index (κ3) is 4.64. The Labute approximate surface area is 119 Å². The number of nitro benzene ring substituents is 1. The van der Waals surface area contributed by atoms with Crippen LogP contribution in [0.4, 0.5) is 5.69 Å². The lowest BCUT2D eigenvalue weighted by atomic mass is 10.1. The van der Waals surface area contributed by atoms with Gasteiger partial charge in [0.2, 0.25) is 0 Å². The zero-order valence-electron chi connectivity index (χ0n) is 12.3. The number of aryl methyl sites for hydroxylation is 1. The summed E-state index contributed by atoms with van der Waals surface area (Å²) in [5, 5.41) is 13.7. The van der Waals surface area contributed by atoms with E-state index < -0.39 is 4.92 Å². The van der Waals surface area contributed by atoms with Crippen molar-refractivity contribution in [2.24, 2.45) is 0 Å². The number of carbonyl (C=O) groups excluding carboxylic acids is 1. The number of benzene rings is 1. The quantitative estimate of drug-likeness (QED) is 0.470. The Balaban J connectivity index is 2.68. The molecule has 0 saturated carbocycles. The first-order valence-corrected chi connectivity index (χ1v) is 7.01. The van der Waals surface area contributed by atoms with Crippen LogP contribution in [-0.4, -0.2) is 16.9 Å². The lowest BCUT2D eigenvalue weighted by Crippen LogP contribution is -2.32. The van der Waals surface area contributed by atoms with E-state index in [9.17, 15) is 14.9 Å². The van der Waals surface area contributed by atoms with Gasteiger partial charge in [-0.1, -0.05) is 32.3 Å². The molecular formula is C15H22N2O3. The highest BCUT2D eigenvalue weighted by atomic mass is 16.6. The van der Waals surface area contributed by atoms with Crippen molar-refractivity contribution in [3.8, 4) is 0 Å². The van der Waals surface area contributed by atoms with Crippen LogP contribution in [0, 0.1) is 17.0 Å². The highest BCUT2D eigenvalue weighted by molar-refractivity contribution is 5.95. The predicted octanol–water partition coefficient (Wildman–Crippen LogP) is 3.60. The second-order valence-electron chi connectivity index (χ2n) is 5.13. The molecule has 0 aliphatic heterocycles. The van der Waals surface area contributed by atoms with E-state index in [-0.39, 0.29) is 17.6 Å². The Morgan fingerprint density at radius 1 is 1.40 bits per heavy atom. The fraction of sp³-hybridized carbons (Fsp3) is 0.533. The van der Waals surface area contributed by atoms with Gasteiger partial charge >= 0.3 is 0 Å². The van der Waals surface area contributed by atoms with Crippen LogP contribution in [0.25, 0.3) is 0 Å². The molecule has 0 saturated heterocycles. The maximum atomic E-state index is 12.0. The minimum Gasteiger partial charge on any atom is -0.350 e. The smallest absolute Gasteiger partial charge is 0.273 e. The van der Waals surface area contributed by atoms with Gasteiger partial charge in [-0.2, -0.15) is 0 Å². The summed E-state index contributed by atoms with van der Waals surface area (Å²) in [6, 6.07) is 4.64. The maximum Gasteiger partial charge on any atom is 0.273 e. The van der Waals surface area contributed by atoms with Crippen molar-refractivity contribution in [2.45, 2.75) is 52.5 Å². The lowest BCUT2D eigenvalue weighted by Gasteiger charge is -2.13. The molecule has 0 aromatic heterocycles. The normalized spacial score (nSPS) is 11.9. The average molecular weight is 278 g/mol. The largest absolute Gasteiger partial charge is 0.350 e. The van der Waals surface area contributed by atoms with E-state index in [1.54, 1.807) is 19.1 Å². The summed E-state index contributed by atoms with van der Waals surface area (Å²) < 4.78 is 0. The molecule has 5 nitrogen and oxygen atoms in total. The van der Waals surface area contributed by atoms with Crippen LogP contribution >= 0.6 is 0 Å². The van der Waals surface area contributed by atoms with Gasteiger partial charge in [0.25, 0.3) is 11.6 Å². The van der Waals surface area contributed by atoms with E-state index >= 15 is 0 Å². The van der Waals surface area contributed by atoms with Crippen LogP contribution in [0.15, 0.2) is 18.2 Å². The Bertz CT molecular complexity index is 486. The topological polar surface area (TPSA) is 72.2 Å². The summed E-state index contributed by atoms with van der Waals surface area (Å²) in [6.07, 6.45) is 4.29. The number of amides is 1. The molecule has 0 spiro atoms. The fourth-order valence-electron chi connectivity index (χ4n) is 2.03. The van der Waals surface area contributed by atoms with Crippen LogP contribution in [0.5, 0.6) is 0 Å². The van der Waals surface area contributed by atoms with Crippen LogP contribution in [0.3, 0.4) is 0 Å². The number of unbranched alkanes of at least 4 members (excludes halogenated alkanes) is 2. The number of rotatable bonds is 7. The summed E-state index contributed by atoms with van der Waals surface area (Å²) >= 11 is 0. The number of nitrogens with one attached hydrogen (secondary N) is 1. The summed E-state index contributed by atoms with van der Waals surface area (Å²) in [5.41, 5.74) is 0.878. The second kappa shape index (κ2) is 7.62. The van der Waals surface area contributed by atoms with Crippen molar-refractivity contribution in [3.63, 3.8) is 0 Å². The Morgan fingerprint density at radius 2 is 2.10 bits per heavy atom. The first-order chi connectivity index (χ1) is 9.45. The van der Waals surface area contributed by atoms with Gasteiger partial charge in [-0.25, -0.2) is 0 Å². The van der Waals surface area contributed by atoms with E-state index in [0.717, 1.165) is 25.7 Å². The van der Waals surface area contributed by atoms with Gasteiger partial charge in [0.05, 0.1) is 4.92 Å². The molecule has 20 heavy (non-hydrogen) atoms. The second-order valence-corrected chi connectivity index (χ2v) is 5.13. The Hall–Kier alpha value is -1.91. The third-order valence-electron chi connectivity index (χ3n) is 3.29. The molecule has 0 heterocycles. The van der Waals surface area contributed by atoms with Gasteiger partial charge in [-0.3, -0.25) is 14.9 Å². The van der Waals surface area contributed by atoms with Gasteiger partial charge in [0, 0.05) is 23.2 Å². The third-order valence-corrected chi connectivity index (χ3v) is 3.29. The van der Waals surface area contributed by atoms with Crippen molar-refractivity contribution in [2.75, 3.05) is 0 Å². The summed E-state index contributed by atoms with van der Waals surface area (Å²) in [6.45, 7) is 5.75. The minimum absolute atomic E-state index is 0.0173. The van der Waals surface area contributed by atoms with Gasteiger partial charge in [0.1, 0.15) is 0 Å². The zero-order valence-corrected chi connectivity index (χ0v) is 12.3. The molecule has 0 bridgehead atoms. The van der Waals surface area contributed by atoms with Crippen LogP contribution in [0.1, 0.15) is 55.5 Å². The molecular weight excluding hydrogens is 256 g/mol. The van der Waals surface area contributed by atoms with Crippen molar-refractivity contribution in [1.82, 2.24) is 5.32 Å². The molecule has 110 valence electrons. The van der Waals surface area contributed by atoms with E-state index in [0.29, 0.717) is 11.1 Å². The van der Waals surface area contributed by atoms with Crippen LogP contribution < -0.4 is 5.32 Å². The number of carbonyl (C=O) groups is 1. The SMILES string of the molecule is CCCCC[C@@H](C)NC(=O)c1ccc(C)c([N+](=O)[O-])c1. The van der Waals surface area contributed by atoms with Crippen molar-refractivity contribution in [1.29, 1.82) is 0 Å². The summed E-state index contributed by atoms with van der Waals surface area (Å²) in [4.78, 5) is 22.4. The predicted molar refractivity (Wildman–Crippen MR) is 78.9 cm³/mol. The van der Waals surface area contributed by atoms with Gasteiger partial charge in [-0.15, -0.1) is 0 Å². The van der Waals surface area contributed by atoms with Gasteiger partial charge in [0.15, 0.2) is 0 Å². The van der Waals surface area contributed by atoms with E-state index in [1.165, 1.54) is 6.07 Å². The standard InChI is InChI=1S/C15H22N2O3/c1-4-5-6-7-12(3)16-15(18)13-9-8-11(2)14(10-13)17(19)20/h8-10,12H,4-7H2,1-3H3,(H,16,18)/t12-/m1/s1. The molecule has 1 N–H and O–H groups in total. The van der Waals surface area contributed by atoms with Crippen molar-refractivity contribution < 1.29 is 9.72 Å². The molecule has 1 rings (SSSR count). The highest BCUT2D eigenvalue weighted by Crippen LogP contribution is 2.19. The number of hydrogen-bond acceptors (Lipinski definition) is 3. The van der Waals surface area contributed by atoms with Gasteiger partial charge < -0.3 is 5.32 Å². The minimum atomic E-state index is -0.462. The lowest BCUT2D eigenvalue weighted by molar-refractivity contribution is -0.385. The molecule has 0 radical (unpaired) electrons. The maximum absolute atomic E-state index is 12.0. The molecule has 0 aliphatic carbocycles. The van der Waals surface area contributed by atoms with Crippen LogP contribution in [-0.2, 0) is 0 Å². The summed E-state index contributed by atoms with van der Waals surface area (Å²) in [7, 11) is 0. The molecule has 1 aromatic carbocycles. The van der Waals surface area contributed by atoms with Crippen molar-refractivity contribution in [3.05, 3.63) is 39.4 Å². The molecule has 1 amide bonds. The molecule has 5 heteroatoms. The summed E-state index contributed by atoms with van der Waals surface area (Å²) in [5.74, 6) is -0.253. The Morgan fingerprint density at radius 3 is 2.70 bits per heavy atom. The Kier molecular flexibility index (Phi) is 6.15. The average Bonchev–Trinajstić information content (AvgIpc) is 2.39.